The number of carbonyl (C=O) groups excluding carboxylic acids is 1. The van der Waals surface area contributed by atoms with E-state index < -0.39 is 0 Å². The Kier molecular flexibility index (Phi) is 4.90. The van der Waals surface area contributed by atoms with Crippen LogP contribution in [0.15, 0.2) is 10.6 Å². The molecule has 1 amide bonds. The first-order valence-electron chi connectivity index (χ1n) is 6.31. The maximum Gasteiger partial charge on any atom is 0.237 e. The summed E-state index contributed by atoms with van der Waals surface area (Å²) in [5.74, 6) is 0.736. The molecule has 0 aliphatic carbocycles. The van der Waals surface area contributed by atoms with Crippen LogP contribution in [0.25, 0.3) is 0 Å². The minimum absolute atomic E-state index is 0.00177. The molecule has 0 aliphatic heterocycles. The molecule has 2 N–H and O–H groups in total. The number of aromatic nitrogens is 1. The number of hydrogen-bond acceptors (Lipinski definition) is 4. The van der Waals surface area contributed by atoms with Crippen molar-refractivity contribution >= 4 is 5.91 Å². The molecule has 0 spiro atoms. The fourth-order valence-corrected chi connectivity index (χ4v) is 1.38. The third-order valence-corrected chi connectivity index (χ3v) is 3.00. The normalized spacial score (nSPS) is 13.4. The molecule has 0 saturated heterocycles. The Bertz CT molecular complexity index is 399. The van der Waals surface area contributed by atoms with Gasteiger partial charge in [-0.25, -0.2) is 0 Å². The number of nitrogens with one attached hydrogen (secondary N) is 2. The maximum atomic E-state index is 11.9. The van der Waals surface area contributed by atoms with Crippen LogP contribution in [-0.4, -0.2) is 22.6 Å². The largest absolute Gasteiger partial charge is 0.360 e. The second-order valence-electron chi connectivity index (χ2n) is 5.26. The summed E-state index contributed by atoms with van der Waals surface area (Å²) in [7, 11) is 0. The summed E-state index contributed by atoms with van der Waals surface area (Å²) in [6.07, 6.45) is 0.896. The van der Waals surface area contributed by atoms with E-state index >= 15 is 0 Å². The number of amides is 1. The lowest BCUT2D eigenvalue weighted by Gasteiger charge is -2.26. The fraction of sp³-hybridized carbons (Fsp3) is 0.692. The molecule has 0 saturated carbocycles. The zero-order valence-electron chi connectivity index (χ0n) is 11.8. The van der Waals surface area contributed by atoms with Gasteiger partial charge >= 0.3 is 0 Å². The van der Waals surface area contributed by atoms with E-state index in [0.717, 1.165) is 17.9 Å². The minimum atomic E-state index is -0.263. The van der Waals surface area contributed by atoms with Gasteiger partial charge in [-0.3, -0.25) is 10.1 Å². The Morgan fingerprint density at radius 2 is 2.22 bits per heavy atom. The van der Waals surface area contributed by atoms with Gasteiger partial charge in [0.25, 0.3) is 0 Å². The first kappa shape index (κ1) is 14.7. The van der Waals surface area contributed by atoms with E-state index in [-0.39, 0.29) is 17.5 Å². The zero-order chi connectivity index (χ0) is 13.8. The third kappa shape index (κ3) is 4.49. The number of hydrogen-bond donors (Lipinski definition) is 2. The summed E-state index contributed by atoms with van der Waals surface area (Å²) >= 11 is 0. The third-order valence-electron chi connectivity index (χ3n) is 3.00. The van der Waals surface area contributed by atoms with E-state index in [0.29, 0.717) is 6.54 Å². The Labute approximate surface area is 108 Å². The average Bonchev–Trinajstić information content (AvgIpc) is 2.71. The van der Waals surface area contributed by atoms with Crippen molar-refractivity contribution in [3.8, 4) is 0 Å². The van der Waals surface area contributed by atoms with Crippen LogP contribution >= 0.6 is 0 Å². The molecule has 5 nitrogen and oxygen atoms in total. The van der Waals surface area contributed by atoms with Crippen molar-refractivity contribution in [3.63, 3.8) is 0 Å². The van der Waals surface area contributed by atoms with Gasteiger partial charge in [0, 0.05) is 11.6 Å². The molecule has 5 heteroatoms. The van der Waals surface area contributed by atoms with Gasteiger partial charge in [-0.2, -0.15) is 0 Å². The summed E-state index contributed by atoms with van der Waals surface area (Å²) in [6, 6.07) is 1.59. The van der Waals surface area contributed by atoms with Crippen LogP contribution < -0.4 is 10.6 Å². The molecule has 1 heterocycles. The minimum Gasteiger partial charge on any atom is -0.360 e. The van der Waals surface area contributed by atoms with Crippen molar-refractivity contribution in [2.24, 2.45) is 0 Å². The molecule has 1 atom stereocenters. The SMILES string of the molecule is CCC(C)(C)NC(=O)C(C)NCc1cc(C)no1. The number of aryl methyl sites for hydroxylation is 1. The van der Waals surface area contributed by atoms with Gasteiger partial charge in [0.05, 0.1) is 18.3 Å². The molecular formula is C13H23N3O2. The lowest BCUT2D eigenvalue weighted by Crippen LogP contribution is -2.50. The molecule has 1 rings (SSSR count). The smallest absolute Gasteiger partial charge is 0.237 e. The molecule has 102 valence electrons. The van der Waals surface area contributed by atoms with Crippen LogP contribution in [0.1, 0.15) is 45.6 Å². The van der Waals surface area contributed by atoms with Gasteiger partial charge in [0.1, 0.15) is 0 Å². The highest BCUT2D eigenvalue weighted by molar-refractivity contribution is 5.81. The van der Waals surface area contributed by atoms with Crippen molar-refractivity contribution in [1.82, 2.24) is 15.8 Å². The second-order valence-corrected chi connectivity index (χ2v) is 5.26. The predicted molar refractivity (Wildman–Crippen MR) is 70.1 cm³/mol. The highest BCUT2D eigenvalue weighted by atomic mass is 16.5. The van der Waals surface area contributed by atoms with Crippen molar-refractivity contribution in [1.29, 1.82) is 0 Å². The van der Waals surface area contributed by atoms with Gasteiger partial charge in [-0.1, -0.05) is 12.1 Å². The first-order chi connectivity index (χ1) is 8.34. The Hall–Kier alpha value is -1.36. The van der Waals surface area contributed by atoms with Gasteiger partial charge in [-0.05, 0) is 34.1 Å². The topological polar surface area (TPSA) is 67.2 Å². The summed E-state index contributed by atoms with van der Waals surface area (Å²) in [5, 5.41) is 9.91. The van der Waals surface area contributed by atoms with E-state index in [1.165, 1.54) is 0 Å². The van der Waals surface area contributed by atoms with Crippen LogP contribution in [0.2, 0.25) is 0 Å². The van der Waals surface area contributed by atoms with Gasteiger partial charge in [0.2, 0.25) is 5.91 Å². The average molecular weight is 253 g/mol. The Morgan fingerprint density at radius 1 is 1.56 bits per heavy atom. The number of rotatable bonds is 6. The van der Waals surface area contributed by atoms with E-state index in [4.69, 9.17) is 4.52 Å². The lowest BCUT2D eigenvalue weighted by atomic mass is 10.0. The van der Waals surface area contributed by atoms with Crippen molar-refractivity contribution < 1.29 is 9.32 Å². The molecular weight excluding hydrogens is 230 g/mol. The van der Waals surface area contributed by atoms with E-state index in [1.807, 2.05) is 33.8 Å². The number of nitrogens with zero attached hydrogens (tertiary/aromatic N) is 1. The Morgan fingerprint density at radius 3 is 2.72 bits per heavy atom. The summed E-state index contributed by atoms with van der Waals surface area (Å²) in [4.78, 5) is 11.9. The number of carbonyl (C=O) groups is 1. The van der Waals surface area contributed by atoms with Crippen LogP contribution in [-0.2, 0) is 11.3 Å². The highest BCUT2D eigenvalue weighted by Gasteiger charge is 2.21. The molecule has 0 radical (unpaired) electrons. The van der Waals surface area contributed by atoms with Gasteiger partial charge < -0.3 is 9.84 Å². The Balaban J connectivity index is 2.41. The monoisotopic (exact) mass is 253 g/mol. The van der Waals surface area contributed by atoms with Crippen molar-refractivity contribution in [2.75, 3.05) is 0 Å². The van der Waals surface area contributed by atoms with Crippen LogP contribution in [0.5, 0.6) is 0 Å². The summed E-state index contributed by atoms with van der Waals surface area (Å²) < 4.78 is 5.07. The summed E-state index contributed by atoms with van der Waals surface area (Å²) in [6.45, 7) is 10.3. The molecule has 1 aromatic rings. The standard InChI is InChI=1S/C13H23N3O2/c1-6-13(4,5)15-12(17)10(3)14-8-11-7-9(2)16-18-11/h7,10,14H,6,8H2,1-5H3,(H,15,17). The predicted octanol–water partition coefficient (Wildman–Crippen LogP) is 1.77. The highest BCUT2D eigenvalue weighted by Crippen LogP contribution is 2.07. The fourth-order valence-electron chi connectivity index (χ4n) is 1.38. The molecule has 1 unspecified atom stereocenters. The maximum absolute atomic E-state index is 11.9. The van der Waals surface area contributed by atoms with Gasteiger partial charge in [-0.15, -0.1) is 0 Å². The molecule has 18 heavy (non-hydrogen) atoms. The van der Waals surface area contributed by atoms with Crippen LogP contribution in [0.3, 0.4) is 0 Å². The van der Waals surface area contributed by atoms with Crippen LogP contribution in [0, 0.1) is 6.92 Å². The second kappa shape index (κ2) is 6.00. The first-order valence-corrected chi connectivity index (χ1v) is 6.31. The zero-order valence-corrected chi connectivity index (χ0v) is 11.8. The van der Waals surface area contributed by atoms with Crippen LogP contribution in [0.4, 0.5) is 0 Å². The summed E-state index contributed by atoms with van der Waals surface area (Å²) in [5.41, 5.74) is 0.673. The molecule has 0 aliphatic rings. The molecule has 0 aromatic carbocycles. The van der Waals surface area contributed by atoms with E-state index in [2.05, 4.69) is 22.7 Å². The van der Waals surface area contributed by atoms with Gasteiger partial charge in [0.15, 0.2) is 5.76 Å². The molecule has 0 fully saturated rings. The van der Waals surface area contributed by atoms with Crippen molar-refractivity contribution in [3.05, 3.63) is 17.5 Å². The van der Waals surface area contributed by atoms with Crippen molar-refractivity contribution in [2.45, 2.75) is 59.2 Å². The molecule has 1 aromatic heterocycles. The van der Waals surface area contributed by atoms with E-state index in [9.17, 15) is 4.79 Å². The molecule has 0 bridgehead atoms. The quantitative estimate of drug-likeness (QED) is 0.810. The lowest BCUT2D eigenvalue weighted by molar-refractivity contribution is -0.124. The van der Waals surface area contributed by atoms with E-state index in [1.54, 1.807) is 0 Å².